The highest BCUT2D eigenvalue weighted by Gasteiger charge is 2.42. The van der Waals surface area contributed by atoms with Gasteiger partial charge in [-0.15, -0.1) is 0 Å². The van der Waals surface area contributed by atoms with Gasteiger partial charge in [-0.05, 0) is 31.0 Å². The quantitative estimate of drug-likeness (QED) is 0.824. The van der Waals surface area contributed by atoms with E-state index in [1.807, 2.05) is 0 Å². The van der Waals surface area contributed by atoms with Gasteiger partial charge in [0.15, 0.2) is 0 Å². The SMILES string of the molecule is N#Cc1cc(Cl)ccc1NC1(CO)CC1. The predicted molar refractivity (Wildman–Crippen MR) is 58.8 cm³/mol. The molecule has 1 aliphatic rings. The zero-order valence-electron chi connectivity index (χ0n) is 8.13. The molecule has 0 unspecified atom stereocenters. The summed E-state index contributed by atoms with van der Waals surface area (Å²) >= 11 is 5.79. The van der Waals surface area contributed by atoms with Gasteiger partial charge in [-0.2, -0.15) is 5.26 Å². The molecule has 0 bridgehead atoms. The topological polar surface area (TPSA) is 56.0 Å². The Balaban J connectivity index is 2.25. The van der Waals surface area contributed by atoms with Crippen molar-refractivity contribution in [2.24, 2.45) is 0 Å². The van der Waals surface area contributed by atoms with E-state index in [1.165, 1.54) is 0 Å². The molecule has 4 heteroatoms. The van der Waals surface area contributed by atoms with Crippen molar-refractivity contribution in [2.45, 2.75) is 18.4 Å². The maximum Gasteiger partial charge on any atom is 0.101 e. The molecule has 1 aromatic rings. The minimum Gasteiger partial charge on any atom is -0.394 e. The molecule has 0 saturated heterocycles. The molecule has 3 nitrogen and oxygen atoms in total. The summed E-state index contributed by atoms with van der Waals surface area (Å²) in [5.74, 6) is 0. The molecule has 2 rings (SSSR count). The van der Waals surface area contributed by atoms with E-state index in [-0.39, 0.29) is 12.1 Å². The number of nitrogens with zero attached hydrogens (tertiary/aromatic N) is 1. The van der Waals surface area contributed by atoms with E-state index >= 15 is 0 Å². The predicted octanol–water partition coefficient (Wildman–Crippen LogP) is 2.15. The number of aliphatic hydroxyl groups excluding tert-OH is 1. The molecule has 2 N–H and O–H groups in total. The maximum absolute atomic E-state index is 9.16. The van der Waals surface area contributed by atoms with Gasteiger partial charge in [0.05, 0.1) is 23.4 Å². The highest BCUT2D eigenvalue weighted by Crippen LogP contribution is 2.39. The molecule has 0 heterocycles. The van der Waals surface area contributed by atoms with Crippen LogP contribution in [0.25, 0.3) is 0 Å². The standard InChI is InChI=1S/C11H11ClN2O/c12-9-1-2-10(8(5-9)6-13)14-11(7-15)3-4-11/h1-2,5,14-15H,3-4,7H2. The van der Waals surface area contributed by atoms with E-state index in [2.05, 4.69) is 11.4 Å². The van der Waals surface area contributed by atoms with Gasteiger partial charge in [-0.1, -0.05) is 11.6 Å². The lowest BCUT2D eigenvalue weighted by Gasteiger charge is -2.16. The molecular formula is C11H11ClN2O. The van der Waals surface area contributed by atoms with Crippen LogP contribution in [-0.2, 0) is 0 Å². The van der Waals surface area contributed by atoms with Crippen LogP contribution in [0, 0.1) is 11.3 Å². The van der Waals surface area contributed by atoms with Crippen LogP contribution >= 0.6 is 11.6 Å². The van der Waals surface area contributed by atoms with Crippen LogP contribution in [0.4, 0.5) is 5.69 Å². The molecular weight excluding hydrogens is 212 g/mol. The van der Waals surface area contributed by atoms with Crippen molar-refractivity contribution in [3.8, 4) is 6.07 Å². The van der Waals surface area contributed by atoms with Gasteiger partial charge in [0.1, 0.15) is 6.07 Å². The third-order valence-electron chi connectivity index (χ3n) is 2.66. The molecule has 1 saturated carbocycles. The smallest absolute Gasteiger partial charge is 0.101 e. The van der Waals surface area contributed by atoms with Gasteiger partial charge in [0, 0.05) is 5.02 Å². The van der Waals surface area contributed by atoms with Crippen molar-refractivity contribution in [1.82, 2.24) is 0 Å². The van der Waals surface area contributed by atoms with Crippen LogP contribution in [0.3, 0.4) is 0 Å². The third kappa shape index (κ3) is 2.06. The third-order valence-corrected chi connectivity index (χ3v) is 2.89. The number of benzene rings is 1. The van der Waals surface area contributed by atoms with Crippen molar-refractivity contribution in [1.29, 1.82) is 5.26 Å². The molecule has 1 aliphatic carbocycles. The molecule has 1 aromatic carbocycles. The summed E-state index contributed by atoms with van der Waals surface area (Å²) in [6.45, 7) is 0.0977. The Hall–Kier alpha value is -1.24. The lowest BCUT2D eigenvalue weighted by molar-refractivity contribution is 0.266. The van der Waals surface area contributed by atoms with Gasteiger partial charge in [-0.3, -0.25) is 0 Å². The summed E-state index contributed by atoms with van der Waals surface area (Å²) < 4.78 is 0. The van der Waals surface area contributed by atoms with Crippen LogP contribution in [0.15, 0.2) is 18.2 Å². The fraction of sp³-hybridized carbons (Fsp3) is 0.364. The molecule has 0 spiro atoms. The van der Waals surface area contributed by atoms with Crippen molar-refractivity contribution >= 4 is 17.3 Å². The van der Waals surface area contributed by atoms with E-state index < -0.39 is 0 Å². The number of halogens is 1. The Morgan fingerprint density at radius 3 is 2.80 bits per heavy atom. The first-order valence-electron chi connectivity index (χ1n) is 4.78. The van der Waals surface area contributed by atoms with Crippen molar-refractivity contribution < 1.29 is 5.11 Å². The Morgan fingerprint density at radius 1 is 1.53 bits per heavy atom. The van der Waals surface area contributed by atoms with Gasteiger partial charge in [-0.25, -0.2) is 0 Å². The second-order valence-corrected chi connectivity index (χ2v) is 4.30. The number of nitriles is 1. The number of rotatable bonds is 3. The van der Waals surface area contributed by atoms with Crippen molar-refractivity contribution in [3.05, 3.63) is 28.8 Å². The summed E-state index contributed by atoms with van der Waals surface area (Å²) in [4.78, 5) is 0. The molecule has 0 atom stereocenters. The first-order chi connectivity index (χ1) is 7.19. The van der Waals surface area contributed by atoms with Gasteiger partial charge < -0.3 is 10.4 Å². The molecule has 15 heavy (non-hydrogen) atoms. The summed E-state index contributed by atoms with van der Waals surface area (Å²) in [6.07, 6.45) is 1.88. The van der Waals surface area contributed by atoms with Gasteiger partial charge in [0.25, 0.3) is 0 Å². The maximum atomic E-state index is 9.16. The zero-order valence-corrected chi connectivity index (χ0v) is 8.88. The Morgan fingerprint density at radius 2 is 2.27 bits per heavy atom. The first kappa shape index (κ1) is 10.3. The summed E-state index contributed by atoms with van der Waals surface area (Å²) in [5.41, 5.74) is 1.05. The van der Waals surface area contributed by atoms with E-state index in [4.69, 9.17) is 22.0 Å². The van der Waals surface area contributed by atoms with Crippen LogP contribution < -0.4 is 5.32 Å². The summed E-state index contributed by atoms with van der Waals surface area (Å²) in [7, 11) is 0. The molecule has 0 amide bonds. The van der Waals surface area contributed by atoms with E-state index in [1.54, 1.807) is 18.2 Å². The first-order valence-corrected chi connectivity index (χ1v) is 5.16. The monoisotopic (exact) mass is 222 g/mol. The minimum absolute atomic E-state index is 0.0977. The number of nitrogens with one attached hydrogen (secondary N) is 1. The number of hydrogen-bond donors (Lipinski definition) is 2. The Kier molecular flexibility index (Phi) is 2.56. The average molecular weight is 223 g/mol. The minimum atomic E-state index is -0.209. The van der Waals surface area contributed by atoms with Crippen LogP contribution in [0.1, 0.15) is 18.4 Å². The number of anilines is 1. The van der Waals surface area contributed by atoms with Crippen molar-refractivity contribution in [2.75, 3.05) is 11.9 Å². The second kappa shape index (κ2) is 3.73. The fourth-order valence-electron chi connectivity index (χ4n) is 1.48. The lowest BCUT2D eigenvalue weighted by Crippen LogP contribution is -2.25. The van der Waals surface area contributed by atoms with Crippen LogP contribution in [0.5, 0.6) is 0 Å². The zero-order chi connectivity index (χ0) is 10.9. The molecule has 0 aliphatic heterocycles. The molecule has 78 valence electrons. The van der Waals surface area contributed by atoms with Crippen molar-refractivity contribution in [3.63, 3.8) is 0 Å². The summed E-state index contributed by atoms with van der Waals surface area (Å²) in [6, 6.07) is 7.21. The van der Waals surface area contributed by atoms with E-state index in [0.29, 0.717) is 10.6 Å². The Bertz CT molecular complexity index is 421. The molecule has 0 aromatic heterocycles. The van der Waals surface area contributed by atoms with Crippen LogP contribution in [0.2, 0.25) is 5.02 Å². The van der Waals surface area contributed by atoms with E-state index in [9.17, 15) is 0 Å². The van der Waals surface area contributed by atoms with Gasteiger partial charge >= 0.3 is 0 Å². The normalized spacial score (nSPS) is 16.9. The Labute approximate surface area is 93.3 Å². The lowest BCUT2D eigenvalue weighted by atomic mass is 10.1. The van der Waals surface area contributed by atoms with Crippen LogP contribution in [-0.4, -0.2) is 17.3 Å². The summed E-state index contributed by atoms with van der Waals surface area (Å²) in [5, 5.41) is 21.8. The average Bonchev–Trinajstić information content (AvgIpc) is 3.01. The number of aliphatic hydroxyl groups is 1. The van der Waals surface area contributed by atoms with E-state index in [0.717, 1.165) is 18.5 Å². The highest BCUT2D eigenvalue weighted by atomic mass is 35.5. The fourth-order valence-corrected chi connectivity index (χ4v) is 1.65. The van der Waals surface area contributed by atoms with Gasteiger partial charge in [0.2, 0.25) is 0 Å². The second-order valence-electron chi connectivity index (χ2n) is 3.87. The highest BCUT2D eigenvalue weighted by molar-refractivity contribution is 6.30. The molecule has 0 radical (unpaired) electrons. The largest absolute Gasteiger partial charge is 0.394 e. The number of hydrogen-bond acceptors (Lipinski definition) is 3. The molecule has 1 fully saturated rings.